The Bertz CT molecular complexity index is 758. The van der Waals surface area contributed by atoms with Crippen molar-refractivity contribution in [1.29, 1.82) is 0 Å². The third-order valence-corrected chi connectivity index (χ3v) is 4.49. The summed E-state index contributed by atoms with van der Waals surface area (Å²) in [7, 11) is 1.69. The summed E-state index contributed by atoms with van der Waals surface area (Å²) in [4.78, 5) is 0. The third kappa shape index (κ3) is 5.47. The lowest BCUT2D eigenvalue weighted by Gasteiger charge is -2.31. The summed E-state index contributed by atoms with van der Waals surface area (Å²) >= 11 is 0. The Balaban J connectivity index is 0.00000182. The highest BCUT2D eigenvalue weighted by Crippen LogP contribution is 2.26. The van der Waals surface area contributed by atoms with Gasteiger partial charge in [-0.15, -0.1) is 24.8 Å². The van der Waals surface area contributed by atoms with Crippen LogP contribution >= 0.6 is 24.8 Å². The number of halogens is 2. The second-order valence-electron chi connectivity index (χ2n) is 6.12. The molecule has 5 heteroatoms. The van der Waals surface area contributed by atoms with Gasteiger partial charge in [-0.05, 0) is 17.2 Å². The molecule has 0 unspecified atom stereocenters. The normalized spacial score (nSPS) is 10.4. The summed E-state index contributed by atoms with van der Waals surface area (Å²) in [5, 5.41) is 3.51. The van der Waals surface area contributed by atoms with Crippen molar-refractivity contribution in [3.05, 3.63) is 102 Å². The van der Waals surface area contributed by atoms with Crippen LogP contribution in [0.4, 0.5) is 0 Å². The third-order valence-electron chi connectivity index (χ3n) is 4.49. The van der Waals surface area contributed by atoms with Gasteiger partial charge >= 0.3 is 0 Å². The molecule has 0 aliphatic rings. The Labute approximate surface area is 173 Å². The van der Waals surface area contributed by atoms with E-state index in [2.05, 4.69) is 35.6 Å². The van der Waals surface area contributed by atoms with Crippen LogP contribution < -0.4 is 15.8 Å². The number of benzene rings is 3. The molecular weight excluding hydrogens is 379 g/mol. The van der Waals surface area contributed by atoms with Crippen LogP contribution in [-0.2, 0) is 12.1 Å². The molecule has 0 heterocycles. The van der Waals surface area contributed by atoms with E-state index in [1.165, 1.54) is 0 Å². The van der Waals surface area contributed by atoms with Gasteiger partial charge in [-0.3, -0.25) is 0 Å². The summed E-state index contributed by atoms with van der Waals surface area (Å²) < 4.78 is 5.43. The lowest BCUT2D eigenvalue weighted by Crippen LogP contribution is -2.46. The molecule has 3 nitrogen and oxygen atoms in total. The molecule has 3 aromatic carbocycles. The molecule has 0 aromatic heterocycles. The van der Waals surface area contributed by atoms with Crippen molar-refractivity contribution in [2.45, 2.75) is 12.1 Å². The maximum atomic E-state index is 6.88. The van der Waals surface area contributed by atoms with E-state index >= 15 is 0 Å². The first-order valence-corrected chi connectivity index (χ1v) is 8.46. The van der Waals surface area contributed by atoms with Crippen molar-refractivity contribution in [3.63, 3.8) is 0 Å². The minimum atomic E-state index is -0.593. The first-order valence-electron chi connectivity index (χ1n) is 8.46. The van der Waals surface area contributed by atoms with Crippen molar-refractivity contribution in [3.8, 4) is 5.75 Å². The molecule has 0 saturated heterocycles. The summed E-state index contributed by atoms with van der Waals surface area (Å²) in [6.45, 7) is 1.32. The standard InChI is InChI=1S/C22H24N2O.2ClH/c1-25-21-15-9-8-10-18(21)16-24-17-22(23,19-11-4-2-5-12-19)20-13-6-3-7-14-20;;/h2-15,24H,16-17,23H2,1H3;2*1H. The van der Waals surface area contributed by atoms with E-state index in [9.17, 15) is 0 Å². The number of hydrogen-bond acceptors (Lipinski definition) is 3. The molecular formula is C22H26Cl2N2O. The monoisotopic (exact) mass is 404 g/mol. The zero-order valence-electron chi connectivity index (χ0n) is 15.3. The number of hydrogen-bond donors (Lipinski definition) is 2. The Morgan fingerprint density at radius 3 is 1.78 bits per heavy atom. The van der Waals surface area contributed by atoms with Crippen LogP contribution in [-0.4, -0.2) is 13.7 Å². The van der Waals surface area contributed by atoms with Gasteiger partial charge in [0, 0.05) is 18.7 Å². The second-order valence-corrected chi connectivity index (χ2v) is 6.12. The number of methoxy groups -OCH3 is 1. The fourth-order valence-corrected chi connectivity index (χ4v) is 3.09. The van der Waals surface area contributed by atoms with Gasteiger partial charge in [0.25, 0.3) is 0 Å². The minimum absolute atomic E-state index is 0. The Morgan fingerprint density at radius 1 is 0.778 bits per heavy atom. The molecule has 27 heavy (non-hydrogen) atoms. The van der Waals surface area contributed by atoms with Crippen LogP contribution in [0.15, 0.2) is 84.9 Å². The largest absolute Gasteiger partial charge is 0.496 e. The van der Waals surface area contributed by atoms with Crippen LogP contribution in [0.1, 0.15) is 16.7 Å². The van der Waals surface area contributed by atoms with Crippen LogP contribution in [0.25, 0.3) is 0 Å². The number of nitrogens with one attached hydrogen (secondary N) is 1. The first-order chi connectivity index (χ1) is 12.2. The molecule has 0 saturated carbocycles. The van der Waals surface area contributed by atoms with E-state index in [0.29, 0.717) is 13.1 Å². The highest BCUT2D eigenvalue weighted by molar-refractivity contribution is 5.85. The zero-order chi connectivity index (χ0) is 17.5. The summed E-state index contributed by atoms with van der Waals surface area (Å²) in [6.07, 6.45) is 0. The Hall–Kier alpha value is -2.04. The number of rotatable bonds is 7. The lowest BCUT2D eigenvalue weighted by molar-refractivity contribution is 0.405. The average molecular weight is 405 g/mol. The van der Waals surface area contributed by atoms with Gasteiger partial charge in [0.15, 0.2) is 0 Å². The van der Waals surface area contributed by atoms with Crippen molar-refractivity contribution < 1.29 is 4.74 Å². The van der Waals surface area contributed by atoms with Crippen molar-refractivity contribution >= 4 is 24.8 Å². The molecule has 3 aromatic rings. The van der Waals surface area contributed by atoms with E-state index in [1.54, 1.807) is 7.11 Å². The SMILES string of the molecule is COc1ccccc1CNCC(N)(c1ccccc1)c1ccccc1.Cl.Cl. The highest BCUT2D eigenvalue weighted by Gasteiger charge is 2.29. The van der Waals surface area contributed by atoms with Crippen LogP contribution in [0.3, 0.4) is 0 Å². The van der Waals surface area contributed by atoms with Gasteiger partial charge in [0.1, 0.15) is 5.75 Å². The molecule has 0 spiro atoms. The molecule has 0 fully saturated rings. The van der Waals surface area contributed by atoms with Gasteiger partial charge in [-0.2, -0.15) is 0 Å². The van der Waals surface area contributed by atoms with E-state index in [-0.39, 0.29) is 24.8 Å². The summed E-state index contributed by atoms with van der Waals surface area (Å²) in [5.74, 6) is 0.886. The maximum absolute atomic E-state index is 6.88. The number of ether oxygens (including phenoxy) is 1. The zero-order valence-corrected chi connectivity index (χ0v) is 16.9. The first kappa shape index (κ1) is 23.0. The quantitative estimate of drug-likeness (QED) is 0.607. The molecule has 0 aliphatic carbocycles. The minimum Gasteiger partial charge on any atom is -0.496 e. The molecule has 3 rings (SSSR count). The van der Waals surface area contributed by atoms with Crippen LogP contribution in [0.5, 0.6) is 5.75 Å². The number of nitrogens with two attached hydrogens (primary N) is 1. The van der Waals surface area contributed by atoms with Crippen molar-refractivity contribution in [1.82, 2.24) is 5.32 Å². The highest BCUT2D eigenvalue weighted by atomic mass is 35.5. The lowest BCUT2D eigenvalue weighted by atomic mass is 9.83. The smallest absolute Gasteiger partial charge is 0.123 e. The average Bonchev–Trinajstić information content (AvgIpc) is 2.69. The van der Waals surface area contributed by atoms with Gasteiger partial charge in [0.2, 0.25) is 0 Å². The van der Waals surface area contributed by atoms with E-state index in [4.69, 9.17) is 10.5 Å². The predicted molar refractivity (Wildman–Crippen MR) is 117 cm³/mol. The Morgan fingerprint density at radius 2 is 1.26 bits per heavy atom. The summed E-state index contributed by atoms with van der Waals surface area (Å²) in [5.41, 5.74) is 9.59. The predicted octanol–water partition coefficient (Wildman–Crippen LogP) is 4.53. The fraction of sp³-hybridized carbons (Fsp3) is 0.182. The van der Waals surface area contributed by atoms with E-state index < -0.39 is 5.54 Å². The molecule has 0 amide bonds. The van der Waals surface area contributed by atoms with Gasteiger partial charge in [0.05, 0.1) is 12.6 Å². The van der Waals surface area contributed by atoms with Gasteiger partial charge in [-0.25, -0.2) is 0 Å². The molecule has 0 radical (unpaired) electrons. The van der Waals surface area contributed by atoms with E-state index in [1.807, 2.05) is 54.6 Å². The molecule has 3 N–H and O–H groups in total. The molecule has 0 aliphatic heterocycles. The van der Waals surface area contributed by atoms with Gasteiger partial charge in [-0.1, -0.05) is 78.9 Å². The fourth-order valence-electron chi connectivity index (χ4n) is 3.09. The second kappa shape index (κ2) is 11.0. The van der Waals surface area contributed by atoms with E-state index in [0.717, 1.165) is 22.4 Å². The molecule has 0 atom stereocenters. The van der Waals surface area contributed by atoms with Gasteiger partial charge < -0.3 is 15.8 Å². The van der Waals surface area contributed by atoms with Crippen molar-refractivity contribution in [2.75, 3.05) is 13.7 Å². The summed E-state index contributed by atoms with van der Waals surface area (Å²) in [6, 6.07) is 28.5. The van der Waals surface area contributed by atoms with Crippen LogP contribution in [0.2, 0.25) is 0 Å². The van der Waals surface area contributed by atoms with Crippen LogP contribution in [0, 0.1) is 0 Å². The topological polar surface area (TPSA) is 47.3 Å². The van der Waals surface area contributed by atoms with Crippen molar-refractivity contribution in [2.24, 2.45) is 5.73 Å². The Kier molecular flexibility index (Phi) is 9.33. The molecule has 144 valence electrons. The maximum Gasteiger partial charge on any atom is 0.123 e. The molecule has 0 bridgehead atoms. The number of para-hydroxylation sites is 1.